The maximum atomic E-state index is 7.22. The number of rotatable bonds is 3. The Morgan fingerprint density at radius 3 is 1.20 bits per heavy atom. The normalized spacial score (nSPS) is 14.5. The Hall–Kier alpha value is -7.48. The van der Waals surface area contributed by atoms with E-state index < -0.39 is 10.8 Å². The first kappa shape index (κ1) is 32.6. The lowest BCUT2D eigenvalue weighted by atomic mass is 9.65. The summed E-state index contributed by atoms with van der Waals surface area (Å²) >= 11 is 0. The highest BCUT2D eigenvalue weighted by molar-refractivity contribution is 6.00. The predicted molar refractivity (Wildman–Crippen MR) is 242 cm³/mol. The molecule has 1 nitrogen and oxygen atoms in total. The highest BCUT2D eigenvalue weighted by Gasteiger charge is 2.52. The molecule has 274 valence electrons. The van der Waals surface area contributed by atoms with Crippen LogP contribution in [-0.4, -0.2) is 0 Å². The van der Waals surface area contributed by atoms with Crippen molar-refractivity contribution in [1.82, 2.24) is 0 Å². The number of fused-ring (bicyclic) bond motifs is 16. The van der Waals surface area contributed by atoms with E-state index in [9.17, 15) is 0 Å². The van der Waals surface area contributed by atoms with Crippen LogP contribution in [0.5, 0.6) is 11.5 Å². The van der Waals surface area contributed by atoms with E-state index in [-0.39, 0.29) is 0 Å². The van der Waals surface area contributed by atoms with Crippen molar-refractivity contribution in [2.45, 2.75) is 10.8 Å². The Labute approximate surface area is 343 Å². The molecule has 0 radical (unpaired) electrons. The average Bonchev–Trinajstić information content (AvgIpc) is 3.77. The third kappa shape index (κ3) is 4.19. The standard InChI is InChI=1S/C58H36O/c1-3-17-41(18-4-1)57(42-19-5-2-6-20-42)49-25-13-11-23-45(49)47-31-27-39(35-53(47)57)40-28-32-48-46-24-12-14-26-50(46)58(54(48)36-40)51-33-29-37-15-7-9-21-43(37)55(51)59-56-44-22-10-8-16-38(44)30-34-52(56)58/h1-36H. The molecule has 0 unspecified atom stereocenters. The fourth-order valence-electron chi connectivity index (χ4n) is 11.2. The minimum absolute atomic E-state index is 0.473. The molecule has 0 aromatic heterocycles. The first-order chi connectivity index (χ1) is 29.3. The van der Waals surface area contributed by atoms with Crippen molar-refractivity contribution in [2.24, 2.45) is 0 Å². The molecule has 0 saturated heterocycles. The van der Waals surface area contributed by atoms with E-state index in [0.29, 0.717) is 0 Å². The van der Waals surface area contributed by atoms with Crippen LogP contribution in [0, 0.1) is 0 Å². The molecular weight excluding hydrogens is 713 g/mol. The van der Waals surface area contributed by atoms with Gasteiger partial charge in [-0.3, -0.25) is 0 Å². The van der Waals surface area contributed by atoms with Crippen molar-refractivity contribution >= 4 is 21.5 Å². The molecule has 2 aliphatic carbocycles. The summed E-state index contributed by atoms with van der Waals surface area (Å²) in [4.78, 5) is 0. The first-order valence-corrected chi connectivity index (χ1v) is 20.6. The van der Waals surface area contributed by atoms with Crippen molar-refractivity contribution in [2.75, 3.05) is 0 Å². The number of hydrogen-bond acceptors (Lipinski definition) is 1. The SMILES string of the molecule is c1ccc(C2(c3ccccc3)c3ccccc3-c3ccc(-c4ccc5c(c4)C4(c6ccccc6-5)c5ccc6ccccc6c5Oc5c4ccc4ccccc54)cc32)cc1. The van der Waals surface area contributed by atoms with E-state index in [2.05, 4.69) is 218 Å². The minimum atomic E-state index is -0.607. The molecule has 0 atom stereocenters. The van der Waals surface area contributed by atoms with Crippen LogP contribution >= 0.6 is 0 Å². The molecule has 3 aliphatic rings. The molecular formula is C58H36O. The summed E-state index contributed by atoms with van der Waals surface area (Å²) < 4.78 is 7.22. The third-order valence-electron chi connectivity index (χ3n) is 13.6. The molecule has 1 heteroatoms. The fraction of sp³-hybridized carbons (Fsp3) is 0.0345. The van der Waals surface area contributed by atoms with Gasteiger partial charge in [0.05, 0.1) is 10.8 Å². The fourth-order valence-corrected chi connectivity index (χ4v) is 11.2. The molecule has 0 bridgehead atoms. The summed E-state index contributed by atoms with van der Waals surface area (Å²) in [6.45, 7) is 0. The average molecular weight is 749 g/mol. The maximum absolute atomic E-state index is 7.22. The van der Waals surface area contributed by atoms with E-state index in [1.165, 1.54) is 88.7 Å². The van der Waals surface area contributed by atoms with Gasteiger partial charge in [0, 0.05) is 21.9 Å². The Bertz CT molecular complexity index is 3230. The van der Waals surface area contributed by atoms with Gasteiger partial charge in [-0.15, -0.1) is 0 Å². The Kier molecular flexibility index (Phi) is 6.64. The van der Waals surface area contributed by atoms with Crippen LogP contribution in [0.1, 0.15) is 44.5 Å². The molecule has 1 heterocycles. The van der Waals surface area contributed by atoms with Gasteiger partial charge in [0.15, 0.2) is 0 Å². The highest BCUT2D eigenvalue weighted by atomic mass is 16.5. The van der Waals surface area contributed by atoms with E-state index in [1.807, 2.05) is 0 Å². The maximum Gasteiger partial charge on any atom is 0.140 e. The predicted octanol–water partition coefficient (Wildman–Crippen LogP) is 14.5. The molecule has 0 fully saturated rings. The molecule has 0 N–H and O–H groups in total. The van der Waals surface area contributed by atoms with Crippen molar-refractivity contribution in [1.29, 1.82) is 0 Å². The van der Waals surface area contributed by atoms with Crippen molar-refractivity contribution in [3.05, 3.63) is 263 Å². The van der Waals surface area contributed by atoms with Crippen LogP contribution in [0.3, 0.4) is 0 Å². The van der Waals surface area contributed by atoms with Crippen LogP contribution in [0.25, 0.3) is 54.9 Å². The van der Waals surface area contributed by atoms with Crippen LogP contribution in [-0.2, 0) is 10.8 Å². The van der Waals surface area contributed by atoms with Crippen LogP contribution in [0.4, 0.5) is 0 Å². The van der Waals surface area contributed by atoms with E-state index in [4.69, 9.17) is 4.74 Å². The van der Waals surface area contributed by atoms with Crippen LogP contribution in [0.2, 0.25) is 0 Å². The van der Waals surface area contributed by atoms with Gasteiger partial charge in [0.2, 0.25) is 0 Å². The summed E-state index contributed by atoms with van der Waals surface area (Å²) in [7, 11) is 0. The molecule has 59 heavy (non-hydrogen) atoms. The second kappa shape index (κ2) is 12.0. The zero-order valence-corrected chi connectivity index (χ0v) is 32.2. The summed E-state index contributed by atoms with van der Waals surface area (Å²) in [5.74, 6) is 1.87. The van der Waals surface area contributed by atoms with Gasteiger partial charge in [-0.1, -0.05) is 206 Å². The second-order valence-electron chi connectivity index (χ2n) is 16.3. The van der Waals surface area contributed by atoms with E-state index >= 15 is 0 Å². The smallest absolute Gasteiger partial charge is 0.140 e. The van der Waals surface area contributed by atoms with Gasteiger partial charge < -0.3 is 4.74 Å². The number of hydrogen-bond donors (Lipinski definition) is 0. The van der Waals surface area contributed by atoms with Crippen molar-refractivity contribution < 1.29 is 4.74 Å². The zero-order chi connectivity index (χ0) is 38.7. The highest BCUT2D eigenvalue weighted by Crippen LogP contribution is 2.64. The first-order valence-electron chi connectivity index (χ1n) is 20.6. The van der Waals surface area contributed by atoms with Gasteiger partial charge in [0.1, 0.15) is 11.5 Å². The quantitative estimate of drug-likeness (QED) is 0.175. The third-order valence-corrected chi connectivity index (χ3v) is 13.6. The molecule has 10 aromatic carbocycles. The largest absolute Gasteiger partial charge is 0.455 e. The van der Waals surface area contributed by atoms with E-state index in [0.717, 1.165) is 22.3 Å². The summed E-state index contributed by atoms with van der Waals surface area (Å²) in [5, 5.41) is 4.59. The Morgan fingerprint density at radius 1 is 0.271 bits per heavy atom. The van der Waals surface area contributed by atoms with Gasteiger partial charge in [-0.25, -0.2) is 0 Å². The summed E-state index contributed by atoms with van der Waals surface area (Å²) in [5.41, 5.74) is 16.5. The Balaban J connectivity index is 1.11. The lowest BCUT2D eigenvalue weighted by Gasteiger charge is -2.40. The lowest BCUT2D eigenvalue weighted by Crippen LogP contribution is -2.32. The topological polar surface area (TPSA) is 9.23 Å². The van der Waals surface area contributed by atoms with Crippen molar-refractivity contribution in [3.8, 4) is 44.9 Å². The molecule has 10 aromatic rings. The van der Waals surface area contributed by atoms with Gasteiger partial charge in [-0.2, -0.15) is 0 Å². The zero-order valence-electron chi connectivity index (χ0n) is 32.2. The Morgan fingerprint density at radius 2 is 0.678 bits per heavy atom. The van der Waals surface area contributed by atoms with Gasteiger partial charge in [0.25, 0.3) is 0 Å². The van der Waals surface area contributed by atoms with Gasteiger partial charge >= 0.3 is 0 Å². The molecule has 0 saturated carbocycles. The van der Waals surface area contributed by atoms with Crippen LogP contribution in [0.15, 0.2) is 218 Å². The molecule has 1 spiro atoms. The number of ether oxygens (including phenoxy) is 1. The molecule has 1 aliphatic heterocycles. The molecule has 0 amide bonds. The monoisotopic (exact) mass is 748 g/mol. The van der Waals surface area contributed by atoms with E-state index in [1.54, 1.807) is 0 Å². The number of benzene rings is 10. The lowest BCUT2D eigenvalue weighted by molar-refractivity contribution is 0.447. The van der Waals surface area contributed by atoms with Gasteiger partial charge in [-0.05, 0) is 89.7 Å². The summed E-state index contributed by atoms with van der Waals surface area (Å²) in [6.07, 6.45) is 0. The van der Waals surface area contributed by atoms with Crippen LogP contribution < -0.4 is 4.74 Å². The summed E-state index contributed by atoms with van der Waals surface area (Å²) in [6, 6.07) is 81.1. The van der Waals surface area contributed by atoms with Crippen molar-refractivity contribution in [3.63, 3.8) is 0 Å². The minimum Gasteiger partial charge on any atom is -0.455 e. The molecule has 13 rings (SSSR count). The second-order valence-corrected chi connectivity index (χ2v) is 16.3.